The summed E-state index contributed by atoms with van der Waals surface area (Å²) in [4.78, 5) is 20.4. The van der Waals surface area contributed by atoms with Crippen LogP contribution in [-0.4, -0.2) is 36.5 Å². The first-order chi connectivity index (χ1) is 16.1. The summed E-state index contributed by atoms with van der Waals surface area (Å²) in [5.41, 5.74) is 3.99. The Hall–Kier alpha value is -2.47. The number of carbonyl (C=O) groups is 1. The van der Waals surface area contributed by atoms with Gasteiger partial charge in [0.25, 0.3) is 5.91 Å². The topological polar surface area (TPSA) is 35.6 Å². The molecule has 0 bridgehead atoms. The fraction of sp³-hybridized carbons (Fsp3) is 0.296. The van der Waals surface area contributed by atoms with Crippen molar-refractivity contribution in [3.8, 4) is 0 Å². The zero-order valence-electron chi connectivity index (χ0n) is 18.8. The van der Waals surface area contributed by atoms with Crippen molar-refractivity contribution in [1.82, 2.24) is 10.2 Å². The number of carbonyl (C=O) groups excluding carboxylic acids is 1. The van der Waals surface area contributed by atoms with Gasteiger partial charge in [-0.1, -0.05) is 47.6 Å². The van der Waals surface area contributed by atoms with Gasteiger partial charge < -0.3 is 15.1 Å². The molecule has 33 heavy (non-hydrogen) atoms. The van der Waals surface area contributed by atoms with Gasteiger partial charge in [0.1, 0.15) is 0 Å². The molecule has 1 atom stereocenters. The van der Waals surface area contributed by atoms with E-state index >= 15 is 0 Å². The van der Waals surface area contributed by atoms with Gasteiger partial charge in [-0.2, -0.15) is 0 Å². The maximum Gasteiger partial charge on any atom is 0.251 e. The third-order valence-corrected chi connectivity index (χ3v) is 7.69. The van der Waals surface area contributed by atoms with E-state index in [1.54, 1.807) is 11.8 Å². The van der Waals surface area contributed by atoms with Crippen LogP contribution in [-0.2, 0) is 6.54 Å². The third kappa shape index (κ3) is 4.91. The van der Waals surface area contributed by atoms with E-state index in [4.69, 9.17) is 11.6 Å². The van der Waals surface area contributed by atoms with Gasteiger partial charge in [-0.05, 0) is 80.9 Å². The molecule has 1 amide bonds. The summed E-state index contributed by atoms with van der Waals surface area (Å²) in [5.74, 6) is -0.0752. The Morgan fingerprint density at radius 3 is 2.61 bits per heavy atom. The molecule has 5 rings (SSSR count). The zero-order chi connectivity index (χ0) is 22.8. The highest BCUT2D eigenvalue weighted by atomic mass is 35.5. The minimum atomic E-state index is -0.0752. The van der Waals surface area contributed by atoms with Gasteiger partial charge in [0.05, 0.1) is 11.4 Å². The number of hydrogen-bond donors (Lipinski definition) is 1. The monoisotopic (exact) mass is 477 g/mol. The first-order valence-electron chi connectivity index (χ1n) is 11.5. The number of likely N-dealkylation sites (tertiary alicyclic amines) is 1. The summed E-state index contributed by atoms with van der Waals surface area (Å²) in [6.45, 7) is 6.11. The second kappa shape index (κ2) is 9.80. The Kier molecular flexibility index (Phi) is 6.63. The van der Waals surface area contributed by atoms with Crippen molar-refractivity contribution < 1.29 is 4.79 Å². The normalized spacial score (nSPS) is 16.2. The summed E-state index contributed by atoms with van der Waals surface area (Å²) >= 11 is 7.86. The summed E-state index contributed by atoms with van der Waals surface area (Å²) in [5, 5.41) is 3.71. The average Bonchev–Trinajstić information content (AvgIpc) is 3.33. The Bertz CT molecular complexity index is 1160. The Labute approximate surface area is 204 Å². The van der Waals surface area contributed by atoms with Crippen molar-refractivity contribution in [3.05, 3.63) is 82.9 Å². The molecule has 6 heteroatoms. The zero-order valence-corrected chi connectivity index (χ0v) is 20.3. The lowest BCUT2D eigenvalue weighted by atomic mass is 10.1. The van der Waals surface area contributed by atoms with E-state index in [1.807, 2.05) is 36.4 Å². The van der Waals surface area contributed by atoms with E-state index in [2.05, 4.69) is 52.4 Å². The molecular weight excluding hydrogens is 450 g/mol. The second-order valence-corrected chi connectivity index (χ2v) is 10.3. The van der Waals surface area contributed by atoms with Crippen molar-refractivity contribution in [2.24, 2.45) is 0 Å². The van der Waals surface area contributed by atoms with Gasteiger partial charge in [0.15, 0.2) is 0 Å². The molecule has 2 heterocycles. The van der Waals surface area contributed by atoms with Crippen LogP contribution in [0.25, 0.3) is 0 Å². The maximum atomic E-state index is 13.0. The molecule has 4 nitrogen and oxygen atoms in total. The number of nitrogens with one attached hydrogen (secondary N) is 1. The minimum Gasteiger partial charge on any atom is -0.348 e. The summed E-state index contributed by atoms with van der Waals surface area (Å²) < 4.78 is 0. The molecule has 1 fully saturated rings. The summed E-state index contributed by atoms with van der Waals surface area (Å²) in [7, 11) is 0. The molecule has 0 spiro atoms. The van der Waals surface area contributed by atoms with E-state index in [0.29, 0.717) is 23.2 Å². The molecule has 0 aliphatic carbocycles. The van der Waals surface area contributed by atoms with Gasteiger partial charge >= 0.3 is 0 Å². The molecule has 2 aliphatic rings. The molecule has 0 aromatic heterocycles. The van der Waals surface area contributed by atoms with Crippen LogP contribution in [0.5, 0.6) is 0 Å². The minimum absolute atomic E-state index is 0.0752. The lowest BCUT2D eigenvalue weighted by Crippen LogP contribution is -2.40. The van der Waals surface area contributed by atoms with Gasteiger partial charge in [-0.3, -0.25) is 4.79 Å². The van der Waals surface area contributed by atoms with Crippen LogP contribution in [0.1, 0.15) is 35.7 Å². The smallest absolute Gasteiger partial charge is 0.251 e. The fourth-order valence-electron chi connectivity index (χ4n) is 4.75. The fourth-order valence-corrected chi connectivity index (χ4v) is 6.02. The standard InChI is InChI=1S/C27H28ClN3OS/c1-19(18-30-13-4-5-14-30)31-23-9-2-3-10-25(23)33-26-12-11-21(16-24(26)31)27(32)29-17-20-7-6-8-22(28)15-20/h2-3,6-12,15-16,19H,4-5,13-14,17-18H2,1H3,(H,29,32). The van der Waals surface area contributed by atoms with Gasteiger partial charge in [-0.15, -0.1) is 0 Å². The molecule has 1 unspecified atom stereocenters. The van der Waals surface area contributed by atoms with Gasteiger partial charge in [-0.25, -0.2) is 0 Å². The van der Waals surface area contributed by atoms with Crippen LogP contribution >= 0.6 is 23.4 Å². The Morgan fingerprint density at radius 2 is 1.79 bits per heavy atom. The highest BCUT2D eigenvalue weighted by molar-refractivity contribution is 7.99. The van der Waals surface area contributed by atoms with Crippen molar-refractivity contribution in [2.45, 2.75) is 42.1 Å². The van der Waals surface area contributed by atoms with Crippen LogP contribution < -0.4 is 10.2 Å². The Balaban J connectivity index is 1.41. The van der Waals surface area contributed by atoms with Crippen molar-refractivity contribution in [1.29, 1.82) is 0 Å². The summed E-state index contributed by atoms with van der Waals surface area (Å²) in [6.07, 6.45) is 2.57. The number of hydrogen-bond acceptors (Lipinski definition) is 4. The van der Waals surface area contributed by atoms with E-state index in [0.717, 1.165) is 17.8 Å². The first kappa shape index (κ1) is 22.3. The first-order valence-corrected chi connectivity index (χ1v) is 12.7. The molecule has 170 valence electrons. The maximum absolute atomic E-state index is 13.0. The average molecular weight is 478 g/mol. The number of halogens is 1. The Morgan fingerprint density at radius 1 is 1.00 bits per heavy atom. The van der Waals surface area contributed by atoms with E-state index in [9.17, 15) is 4.79 Å². The number of fused-ring (bicyclic) bond motifs is 2. The van der Waals surface area contributed by atoms with Crippen LogP contribution in [0.3, 0.4) is 0 Å². The van der Waals surface area contributed by atoms with Crippen LogP contribution in [0.15, 0.2) is 76.5 Å². The highest BCUT2D eigenvalue weighted by Crippen LogP contribution is 2.49. The van der Waals surface area contributed by atoms with Crippen molar-refractivity contribution >= 4 is 40.6 Å². The molecular formula is C27H28ClN3OS. The predicted octanol–water partition coefficient (Wildman–Crippen LogP) is 6.36. The van der Waals surface area contributed by atoms with E-state index < -0.39 is 0 Å². The number of benzene rings is 3. The number of anilines is 2. The number of nitrogens with zero attached hydrogens (tertiary/aromatic N) is 2. The number of rotatable bonds is 6. The molecule has 1 saturated heterocycles. The van der Waals surface area contributed by atoms with Crippen LogP contribution in [0, 0.1) is 0 Å². The molecule has 3 aromatic rings. The molecule has 1 N–H and O–H groups in total. The molecule has 0 saturated carbocycles. The molecule has 2 aliphatic heterocycles. The van der Waals surface area contributed by atoms with Gasteiger partial charge in [0, 0.05) is 39.5 Å². The predicted molar refractivity (Wildman–Crippen MR) is 137 cm³/mol. The lowest BCUT2D eigenvalue weighted by Gasteiger charge is -2.39. The third-order valence-electron chi connectivity index (χ3n) is 6.33. The van der Waals surface area contributed by atoms with Crippen molar-refractivity contribution in [3.63, 3.8) is 0 Å². The lowest BCUT2D eigenvalue weighted by molar-refractivity contribution is 0.0951. The SMILES string of the molecule is CC(CN1CCCC1)N1c2ccccc2Sc2ccc(C(=O)NCc3cccc(Cl)c3)cc21. The van der Waals surface area contributed by atoms with Gasteiger partial charge in [0.2, 0.25) is 0 Å². The van der Waals surface area contributed by atoms with Crippen LogP contribution in [0.4, 0.5) is 11.4 Å². The summed E-state index contributed by atoms with van der Waals surface area (Å²) in [6, 6.07) is 22.5. The molecule has 3 aromatic carbocycles. The quantitative estimate of drug-likeness (QED) is 0.448. The second-order valence-electron chi connectivity index (χ2n) is 8.79. The number of amides is 1. The van der Waals surface area contributed by atoms with E-state index in [-0.39, 0.29) is 5.91 Å². The number of para-hydroxylation sites is 1. The van der Waals surface area contributed by atoms with Crippen LogP contribution in [0.2, 0.25) is 5.02 Å². The van der Waals surface area contributed by atoms with Crippen molar-refractivity contribution in [2.75, 3.05) is 24.5 Å². The van der Waals surface area contributed by atoms with E-state index in [1.165, 1.54) is 41.4 Å². The highest BCUT2D eigenvalue weighted by Gasteiger charge is 2.29. The molecule has 0 radical (unpaired) electrons. The largest absolute Gasteiger partial charge is 0.348 e.